The van der Waals surface area contributed by atoms with Gasteiger partial charge in [0.15, 0.2) is 0 Å². The number of ether oxygens (including phenoxy) is 1. The molecule has 0 bridgehead atoms. The van der Waals surface area contributed by atoms with E-state index in [1.54, 1.807) is 0 Å². The molecule has 1 N–H and O–H groups in total. The molecule has 18 heavy (non-hydrogen) atoms. The Morgan fingerprint density at radius 2 is 1.94 bits per heavy atom. The molecule has 1 rings (SSSR count). The number of nitrogens with one attached hydrogen (secondary N) is 1. The second kappa shape index (κ2) is 7.88. The number of hydrogen-bond donors (Lipinski definition) is 1. The highest BCUT2D eigenvalue weighted by Gasteiger charge is 2.13. The number of rotatable bonds is 6. The molecule has 1 aromatic carbocycles. The third-order valence-corrected chi connectivity index (χ3v) is 3.25. The summed E-state index contributed by atoms with van der Waals surface area (Å²) in [6.07, 6.45) is 1.10. The van der Waals surface area contributed by atoms with Gasteiger partial charge in [0.2, 0.25) is 0 Å². The SMILES string of the molecule is CCOc1ccc(CNC(C)(C)CC)cc1Cl.Cl. The molecular formula is C14H23Cl2NO. The van der Waals surface area contributed by atoms with E-state index in [0.29, 0.717) is 11.6 Å². The minimum atomic E-state index is 0. The Morgan fingerprint density at radius 3 is 2.44 bits per heavy atom. The predicted molar refractivity (Wildman–Crippen MR) is 81.1 cm³/mol. The summed E-state index contributed by atoms with van der Waals surface area (Å²) < 4.78 is 5.41. The lowest BCUT2D eigenvalue weighted by molar-refractivity contribution is 0.340. The first-order chi connectivity index (χ1) is 7.98. The fourth-order valence-electron chi connectivity index (χ4n) is 1.39. The molecule has 0 radical (unpaired) electrons. The van der Waals surface area contributed by atoms with Gasteiger partial charge in [-0.3, -0.25) is 0 Å². The lowest BCUT2D eigenvalue weighted by Crippen LogP contribution is -2.37. The van der Waals surface area contributed by atoms with Crippen molar-refractivity contribution in [2.24, 2.45) is 0 Å². The predicted octanol–water partition coefficient (Wildman–Crippen LogP) is 4.44. The van der Waals surface area contributed by atoms with Gasteiger partial charge >= 0.3 is 0 Å². The minimum absolute atomic E-state index is 0. The maximum atomic E-state index is 6.14. The Morgan fingerprint density at radius 1 is 1.28 bits per heavy atom. The van der Waals surface area contributed by atoms with Crippen LogP contribution in [0.3, 0.4) is 0 Å². The van der Waals surface area contributed by atoms with E-state index in [1.165, 1.54) is 5.56 Å². The molecule has 0 fully saturated rings. The van der Waals surface area contributed by atoms with Crippen LogP contribution in [0, 0.1) is 0 Å². The van der Waals surface area contributed by atoms with Crippen molar-refractivity contribution in [2.45, 2.75) is 46.2 Å². The summed E-state index contributed by atoms with van der Waals surface area (Å²) in [5, 5.41) is 4.19. The lowest BCUT2D eigenvalue weighted by Gasteiger charge is -2.24. The van der Waals surface area contributed by atoms with Gasteiger partial charge in [-0.1, -0.05) is 24.6 Å². The van der Waals surface area contributed by atoms with Crippen molar-refractivity contribution in [3.05, 3.63) is 28.8 Å². The standard InChI is InChI=1S/C14H22ClNO.ClH/c1-5-14(3,4)16-10-11-7-8-13(17-6-2)12(15)9-11;/h7-9,16H,5-6,10H2,1-4H3;1H. The van der Waals surface area contributed by atoms with Crippen molar-refractivity contribution in [3.63, 3.8) is 0 Å². The van der Waals surface area contributed by atoms with Gasteiger partial charge in [0.05, 0.1) is 11.6 Å². The van der Waals surface area contributed by atoms with Gasteiger partial charge < -0.3 is 10.1 Å². The molecule has 0 spiro atoms. The van der Waals surface area contributed by atoms with E-state index in [9.17, 15) is 0 Å². The van der Waals surface area contributed by atoms with Crippen LogP contribution in [0.2, 0.25) is 5.02 Å². The molecule has 0 atom stereocenters. The Labute approximate surface area is 121 Å². The van der Waals surface area contributed by atoms with Gasteiger partial charge in [-0.2, -0.15) is 0 Å². The number of hydrogen-bond acceptors (Lipinski definition) is 2. The molecule has 0 heterocycles. The lowest BCUT2D eigenvalue weighted by atomic mass is 10.0. The smallest absolute Gasteiger partial charge is 0.137 e. The summed E-state index contributed by atoms with van der Waals surface area (Å²) in [5.74, 6) is 0.757. The van der Waals surface area contributed by atoms with Crippen LogP contribution in [0.15, 0.2) is 18.2 Å². The van der Waals surface area contributed by atoms with Crippen LogP contribution in [0.5, 0.6) is 5.75 Å². The second-order valence-electron chi connectivity index (χ2n) is 4.79. The van der Waals surface area contributed by atoms with Gasteiger partial charge in [-0.15, -0.1) is 12.4 Å². The second-order valence-corrected chi connectivity index (χ2v) is 5.20. The first-order valence-corrected chi connectivity index (χ1v) is 6.52. The highest BCUT2D eigenvalue weighted by molar-refractivity contribution is 6.32. The Kier molecular flexibility index (Phi) is 7.69. The van der Waals surface area contributed by atoms with Crippen LogP contribution in [0.1, 0.15) is 39.7 Å². The Balaban J connectivity index is 0.00000289. The van der Waals surface area contributed by atoms with Gasteiger partial charge in [-0.25, -0.2) is 0 Å². The molecule has 0 aromatic heterocycles. The van der Waals surface area contributed by atoms with Crippen molar-refractivity contribution >= 4 is 24.0 Å². The van der Waals surface area contributed by atoms with Crippen LogP contribution in [-0.4, -0.2) is 12.1 Å². The molecule has 0 aliphatic carbocycles. The maximum Gasteiger partial charge on any atom is 0.137 e. The quantitative estimate of drug-likeness (QED) is 0.837. The zero-order chi connectivity index (χ0) is 12.9. The van der Waals surface area contributed by atoms with Gasteiger partial charge in [0.1, 0.15) is 5.75 Å². The zero-order valence-electron chi connectivity index (χ0n) is 11.5. The maximum absolute atomic E-state index is 6.14. The fraction of sp³-hybridized carbons (Fsp3) is 0.571. The molecule has 0 saturated heterocycles. The highest BCUT2D eigenvalue weighted by Crippen LogP contribution is 2.25. The van der Waals surface area contributed by atoms with Crippen molar-refractivity contribution in [3.8, 4) is 5.75 Å². The van der Waals surface area contributed by atoms with Gasteiger partial charge in [0.25, 0.3) is 0 Å². The van der Waals surface area contributed by atoms with Crippen molar-refractivity contribution in [1.82, 2.24) is 5.32 Å². The van der Waals surface area contributed by atoms with E-state index >= 15 is 0 Å². The van der Waals surface area contributed by atoms with Crippen LogP contribution < -0.4 is 10.1 Å². The molecule has 2 nitrogen and oxygen atoms in total. The monoisotopic (exact) mass is 291 g/mol. The van der Waals surface area contributed by atoms with E-state index in [1.807, 2.05) is 19.1 Å². The van der Waals surface area contributed by atoms with E-state index < -0.39 is 0 Å². The molecule has 0 amide bonds. The number of benzene rings is 1. The van der Waals surface area contributed by atoms with E-state index in [2.05, 4.69) is 32.2 Å². The van der Waals surface area contributed by atoms with Crippen LogP contribution >= 0.6 is 24.0 Å². The Hall–Kier alpha value is -0.440. The average Bonchev–Trinajstić information content (AvgIpc) is 2.30. The summed E-state index contributed by atoms with van der Waals surface area (Å²) in [6, 6.07) is 5.95. The van der Waals surface area contributed by atoms with Crippen LogP contribution in [-0.2, 0) is 6.54 Å². The van der Waals surface area contributed by atoms with Crippen molar-refractivity contribution in [2.75, 3.05) is 6.61 Å². The third kappa shape index (κ3) is 5.47. The molecular weight excluding hydrogens is 269 g/mol. The zero-order valence-corrected chi connectivity index (χ0v) is 13.1. The molecule has 0 saturated carbocycles. The van der Waals surface area contributed by atoms with E-state index in [0.717, 1.165) is 18.7 Å². The topological polar surface area (TPSA) is 21.3 Å². The Bertz CT molecular complexity index is 367. The largest absolute Gasteiger partial charge is 0.492 e. The molecule has 4 heteroatoms. The van der Waals surface area contributed by atoms with E-state index in [-0.39, 0.29) is 17.9 Å². The molecule has 0 aliphatic heterocycles. The van der Waals surface area contributed by atoms with Crippen LogP contribution in [0.4, 0.5) is 0 Å². The first kappa shape index (κ1) is 17.6. The summed E-state index contributed by atoms with van der Waals surface area (Å²) in [7, 11) is 0. The van der Waals surface area contributed by atoms with E-state index in [4.69, 9.17) is 16.3 Å². The summed E-state index contributed by atoms with van der Waals surface area (Å²) in [6.45, 7) is 9.99. The van der Waals surface area contributed by atoms with Gasteiger partial charge in [0, 0.05) is 12.1 Å². The molecule has 0 unspecified atom stereocenters. The average molecular weight is 292 g/mol. The summed E-state index contributed by atoms with van der Waals surface area (Å²) >= 11 is 6.14. The summed E-state index contributed by atoms with van der Waals surface area (Å²) in [4.78, 5) is 0. The van der Waals surface area contributed by atoms with Gasteiger partial charge in [-0.05, 0) is 44.9 Å². The molecule has 104 valence electrons. The first-order valence-electron chi connectivity index (χ1n) is 6.14. The highest BCUT2D eigenvalue weighted by atomic mass is 35.5. The van der Waals surface area contributed by atoms with Crippen LogP contribution in [0.25, 0.3) is 0 Å². The van der Waals surface area contributed by atoms with Crippen molar-refractivity contribution in [1.29, 1.82) is 0 Å². The summed E-state index contributed by atoms with van der Waals surface area (Å²) in [5.41, 5.74) is 1.34. The molecule has 0 aliphatic rings. The molecule has 1 aromatic rings. The fourth-order valence-corrected chi connectivity index (χ4v) is 1.65. The third-order valence-electron chi connectivity index (χ3n) is 2.95. The normalized spacial score (nSPS) is 10.9. The number of halogens is 2. The minimum Gasteiger partial charge on any atom is -0.492 e. The van der Waals surface area contributed by atoms with Crippen molar-refractivity contribution < 1.29 is 4.74 Å².